The zero-order valence-corrected chi connectivity index (χ0v) is 15.3. The Balaban J connectivity index is 1.82. The number of hydrogen-bond acceptors (Lipinski definition) is 3. The van der Waals surface area contributed by atoms with E-state index in [0.29, 0.717) is 23.1 Å². The topological polar surface area (TPSA) is 52.7 Å². The number of anilines is 1. The quantitative estimate of drug-likeness (QED) is 0.716. The molecule has 0 unspecified atom stereocenters. The number of rotatable bonds is 7. The molecule has 1 aromatic carbocycles. The van der Waals surface area contributed by atoms with Gasteiger partial charge in [-0.05, 0) is 36.5 Å². The monoisotopic (exact) mass is 367 g/mol. The Morgan fingerprint density at radius 2 is 2.00 bits per heavy atom. The number of ether oxygens (including phenoxy) is 1. The van der Waals surface area contributed by atoms with Gasteiger partial charge in [0.1, 0.15) is 13.1 Å². The van der Waals surface area contributed by atoms with Crippen LogP contribution in [0.3, 0.4) is 0 Å². The van der Waals surface area contributed by atoms with Gasteiger partial charge in [0, 0.05) is 30.2 Å². The summed E-state index contributed by atoms with van der Waals surface area (Å²) in [6.07, 6.45) is 1.51. The number of halogens is 1. The molecule has 0 atom stereocenters. The molecule has 1 aromatic rings. The van der Waals surface area contributed by atoms with Gasteiger partial charge in [0.2, 0.25) is 0 Å². The van der Waals surface area contributed by atoms with Crippen LogP contribution in [0.2, 0.25) is 5.02 Å². The summed E-state index contributed by atoms with van der Waals surface area (Å²) in [5.41, 5.74) is 0.908. The molecule has 1 heterocycles. The highest BCUT2D eigenvalue weighted by Gasteiger charge is 2.15. The Morgan fingerprint density at radius 1 is 1.29 bits per heavy atom. The molecule has 1 aliphatic heterocycles. The van der Waals surface area contributed by atoms with Crippen LogP contribution in [-0.2, 0) is 4.74 Å². The van der Waals surface area contributed by atoms with Gasteiger partial charge in [-0.25, -0.2) is 0 Å². The Kier molecular flexibility index (Phi) is 8.26. The summed E-state index contributed by atoms with van der Waals surface area (Å²) < 4.78 is 5.39. The standard InChI is InChI=1S/C17H23ClN4OS/c18-15-3-5-16(6-4-15)20-17(24)22(9-1-7-19)10-2-8-21-11-13-23-14-12-21/h3-6H,1-2,8-14H2,(H,20,24)/p+1. The van der Waals surface area contributed by atoms with Crippen molar-refractivity contribution >= 4 is 34.6 Å². The minimum Gasteiger partial charge on any atom is -0.370 e. The summed E-state index contributed by atoms with van der Waals surface area (Å²) >= 11 is 11.4. The zero-order chi connectivity index (χ0) is 17.2. The summed E-state index contributed by atoms with van der Waals surface area (Å²) in [4.78, 5) is 3.66. The summed E-state index contributed by atoms with van der Waals surface area (Å²) in [6, 6.07) is 9.65. The average molecular weight is 368 g/mol. The van der Waals surface area contributed by atoms with E-state index >= 15 is 0 Å². The van der Waals surface area contributed by atoms with Gasteiger partial charge < -0.3 is 19.9 Å². The summed E-state index contributed by atoms with van der Waals surface area (Å²) in [5.74, 6) is 0. The maximum absolute atomic E-state index is 8.87. The lowest BCUT2D eigenvalue weighted by Gasteiger charge is -2.27. The molecule has 0 aromatic heterocycles. The number of quaternary nitrogens is 1. The third-order valence-electron chi connectivity index (χ3n) is 4.03. The molecule has 2 N–H and O–H groups in total. The fourth-order valence-corrected chi connectivity index (χ4v) is 3.09. The van der Waals surface area contributed by atoms with Gasteiger partial charge in [-0.3, -0.25) is 0 Å². The van der Waals surface area contributed by atoms with Gasteiger partial charge in [0.15, 0.2) is 5.11 Å². The van der Waals surface area contributed by atoms with Crippen molar-refractivity contribution in [2.45, 2.75) is 12.8 Å². The van der Waals surface area contributed by atoms with Crippen molar-refractivity contribution in [1.82, 2.24) is 4.90 Å². The van der Waals surface area contributed by atoms with Gasteiger partial charge in [-0.15, -0.1) is 0 Å². The van der Waals surface area contributed by atoms with Crippen LogP contribution in [0.5, 0.6) is 0 Å². The number of morpholine rings is 1. The Bertz CT molecular complexity index is 555. The maximum atomic E-state index is 8.87. The number of thiocarbonyl (C=S) groups is 1. The van der Waals surface area contributed by atoms with Crippen LogP contribution in [0.4, 0.5) is 5.69 Å². The van der Waals surface area contributed by atoms with E-state index in [1.165, 1.54) is 0 Å². The molecule has 1 saturated heterocycles. The molecule has 0 amide bonds. The predicted molar refractivity (Wildman–Crippen MR) is 100 cm³/mol. The largest absolute Gasteiger partial charge is 0.370 e. The molecule has 2 rings (SSSR count). The normalized spacial score (nSPS) is 14.8. The highest BCUT2D eigenvalue weighted by Crippen LogP contribution is 2.14. The molecule has 0 bridgehead atoms. The van der Waals surface area contributed by atoms with Crippen molar-refractivity contribution in [1.29, 1.82) is 5.26 Å². The second-order valence-electron chi connectivity index (χ2n) is 5.80. The van der Waals surface area contributed by atoms with Crippen molar-refractivity contribution in [3.05, 3.63) is 29.3 Å². The number of nitriles is 1. The van der Waals surface area contributed by atoms with E-state index in [-0.39, 0.29) is 0 Å². The number of nitrogens with zero attached hydrogens (tertiary/aromatic N) is 2. The van der Waals surface area contributed by atoms with Gasteiger partial charge in [0.25, 0.3) is 0 Å². The van der Waals surface area contributed by atoms with Gasteiger partial charge in [-0.2, -0.15) is 5.26 Å². The smallest absolute Gasteiger partial charge is 0.173 e. The SMILES string of the molecule is N#CCCN(CCC[NH+]1CCOCC1)C(=S)Nc1ccc(Cl)cc1. The minimum absolute atomic E-state index is 0.465. The van der Waals surface area contributed by atoms with Crippen molar-refractivity contribution in [2.24, 2.45) is 0 Å². The fourth-order valence-electron chi connectivity index (χ4n) is 2.67. The Morgan fingerprint density at radius 3 is 2.67 bits per heavy atom. The van der Waals surface area contributed by atoms with E-state index in [1.54, 1.807) is 4.90 Å². The lowest BCUT2D eigenvalue weighted by atomic mass is 10.3. The molecule has 0 saturated carbocycles. The van der Waals surface area contributed by atoms with Crippen molar-refractivity contribution in [3.63, 3.8) is 0 Å². The molecule has 0 spiro atoms. The molecule has 7 heteroatoms. The number of nitrogens with one attached hydrogen (secondary N) is 2. The molecule has 1 aliphatic rings. The van der Waals surface area contributed by atoms with Gasteiger partial charge in [0.05, 0.1) is 32.2 Å². The third kappa shape index (κ3) is 6.62. The molecule has 24 heavy (non-hydrogen) atoms. The molecule has 1 fully saturated rings. The highest BCUT2D eigenvalue weighted by atomic mass is 35.5. The minimum atomic E-state index is 0.465. The lowest BCUT2D eigenvalue weighted by molar-refractivity contribution is -0.908. The van der Waals surface area contributed by atoms with E-state index in [2.05, 4.69) is 16.3 Å². The second kappa shape index (κ2) is 10.5. The van der Waals surface area contributed by atoms with E-state index in [0.717, 1.165) is 51.5 Å². The predicted octanol–water partition coefficient (Wildman–Crippen LogP) is 1.56. The first-order valence-electron chi connectivity index (χ1n) is 8.29. The summed E-state index contributed by atoms with van der Waals surface area (Å²) in [5, 5.41) is 13.5. The highest BCUT2D eigenvalue weighted by molar-refractivity contribution is 7.80. The van der Waals surface area contributed by atoms with Crippen LogP contribution in [0.1, 0.15) is 12.8 Å². The molecular formula is C17H24ClN4OS+. The van der Waals surface area contributed by atoms with Crippen LogP contribution < -0.4 is 10.2 Å². The first-order valence-corrected chi connectivity index (χ1v) is 9.07. The summed E-state index contributed by atoms with van der Waals surface area (Å²) in [7, 11) is 0. The molecule has 0 radical (unpaired) electrons. The number of benzene rings is 1. The van der Waals surface area contributed by atoms with E-state index in [1.807, 2.05) is 24.3 Å². The van der Waals surface area contributed by atoms with Crippen LogP contribution in [0.15, 0.2) is 24.3 Å². The van der Waals surface area contributed by atoms with Crippen LogP contribution in [0, 0.1) is 11.3 Å². The maximum Gasteiger partial charge on any atom is 0.173 e. The first kappa shape index (κ1) is 18.9. The van der Waals surface area contributed by atoms with Crippen LogP contribution in [0.25, 0.3) is 0 Å². The van der Waals surface area contributed by atoms with Crippen molar-refractivity contribution < 1.29 is 9.64 Å². The van der Waals surface area contributed by atoms with Crippen LogP contribution >= 0.6 is 23.8 Å². The van der Waals surface area contributed by atoms with Crippen molar-refractivity contribution in [2.75, 3.05) is 51.3 Å². The average Bonchev–Trinajstić information content (AvgIpc) is 2.60. The van der Waals surface area contributed by atoms with E-state index < -0.39 is 0 Å². The fraction of sp³-hybridized carbons (Fsp3) is 0.529. The Labute approximate surface area is 154 Å². The summed E-state index contributed by atoms with van der Waals surface area (Å²) in [6.45, 7) is 6.46. The van der Waals surface area contributed by atoms with Crippen LogP contribution in [-0.4, -0.2) is 55.9 Å². The third-order valence-corrected chi connectivity index (χ3v) is 4.65. The zero-order valence-electron chi connectivity index (χ0n) is 13.8. The van der Waals surface area contributed by atoms with Gasteiger partial charge in [-0.1, -0.05) is 11.6 Å². The number of hydrogen-bond donors (Lipinski definition) is 2. The Hall–Kier alpha value is -1.39. The molecule has 130 valence electrons. The molecule has 0 aliphatic carbocycles. The lowest BCUT2D eigenvalue weighted by Crippen LogP contribution is -3.14. The first-order chi connectivity index (χ1) is 11.7. The molecular weight excluding hydrogens is 344 g/mol. The second-order valence-corrected chi connectivity index (χ2v) is 6.62. The molecule has 5 nitrogen and oxygen atoms in total. The van der Waals surface area contributed by atoms with E-state index in [4.69, 9.17) is 33.8 Å². The van der Waals surface area contributed by atoms with E-state index in [9.17, 15) is 0 Å². The van der Waals surface area contributed by atoms with Crippen molar-refractivity contribution in [3.8, 4) is 6.07 Å². The van der Waals surface area contributed by atoms with Gasteiger partial charge >= 0.3 is 0 Å².